The second-order valence-electron chi connectivity index (χ2n) is 5.13. The van der Waals surface area contributed by atoms with Gasteiger partial charge >= 0.3 is 0 Å². The molecule has 0 radical (unpaired) electrons. The third-order valence-electron chi connectivity index (χ3n) is 3.57. The lowest BCUT2D eigenvalue weighted by Gasteiger charge is -2.10. The third-order valence-corrected chi connectivity index (χ3v) is 4.51. The molecule has 0 unspecified atom stereocenters. The summed E-state index contributed by atoms with van der Waals surface area (Å²) in [7, 11) is 1.65. The van der Waals surface area contributed by atoms with Gasteiger partial charge in [-0.1, -0.05) is 42.1 Å². The van der Waals surface area contributed by atoms with Gasteiger partial charge in [0.15, 0.2) is 16.7 Å². The maximum Gasteiger partial charge on any atom is 0.169 e. The summed E-state index contributed by atoms with van der Waals surface area (Å²) in [5, 5.41) is 0.986. The molecule has 0 amide bonds. The van der Waals surface area contributed by atoms with Crippen molar-refractivity contribution in [3.8, 4) is 11.5 Å². The van der Waals surface area contributed by atoms with E-state index < -0.39 is 0 Å². The van der Waals surface area contributed by atoms with Gasteiger partial charge in [0.05, 0.1) is 24.8 Å². The first-order valence-corrected chi connectivity index (χ1v) is 8.77. The molecule has 0 spiro atoms. The molecule has 0 saturated heterocycles. The van der Waals surface area contributed by atoms with Gasteiger partial charge in [0.25, 0.3) is 0 Å². The van der Waals surface area contributed by atoms with Gasteiger partial charge in [-0.15, -0.1) is 6.58 Å². The van der Waals surface area contributed by atoms with Crippen molar-refractivity contribution in [1.82, 2.24) is 9.55 Å². The monoisotopic (exact) mass is 340 g/mol. The summed E-state index contributed by atoms with van der Waals surface area (Å²) in [5.41, 5.74) is 2.14. The highest BCUT2D eigenvalue weighted by atomic mass is 32.2. The van der Waals surface area contributed by atoms with Crippen LogP contribution >= 0.6 is 11.8 Å². The summed E-state index contributed by atoms with van der Waals surface area (Å²) in [6, 6.07) is 15.8. The van der Waals surface area contributed by atoms with Crippen LogP contribution in [0.3, 0.4) is 0 Å². The first-order chi connectivity index (χ1) is 11.8. The molecule has 3 aromatic rings. The fraction of sp³-hybridized carbons (Fsp3) is 0.211. The molecule has 2 aromatic carbocycles. The lowest BCUT2D eigenvalue weighted by atomic mass is 10.3. The predicted octanol–water partition coefficient (Wildman–Crippen LogP) is 4.40. The zero-order valence-corrected chi connectivity index (χ0v) is 14.5. The van der Waals surface area contributed by atoms with Crippen LogP contribution in [-0.2, 0) is 6.54 Å². The number of hydrogen-bond acceptors (Lipinski definition) is 4. The summed E-state index contributed by atoms with van der Waals surface area (Å²) in [5.74, 6) is 2.32. The number of allylic oxidation sites excluding steroid dienone is 1. The molecule has 1 heterocycles. The van der Waals surface area contributed by atoms with Gasteiger partial charge in [-0.25, -0.2) is 4.98 Å². The topological polar surface area (TPSA) is 36.3 Å². The quantitative estimate of drug-likeness (QED) is 0.346. The lowest BCUT2D eigenvalue weighted by Crippen LogP contribution is -2.03. The van der Waals surface area contributed by atoms with E-state index in [9.17, 15) is 0 Å². The van der Waals surface area contributed by atoms with Crippen molar-refractivity contribution in [2.24, 2.45) is 0 Å². The van der Waals surface area contributed by atoms with Gasteiger partial charge in [-0.3, -0.25) is 0 Å². The Morgan fingerprint density at radius 2 is 1.88 bits per heavy atom. The fourth-order valence-corrected chi connectivity index (χ4v) is 3.33. The summed E-state index contributed by atoms with van der Waals surface area (Å²) in [6.45, 7) is 5.17. The second kappa shape index (κ2) is 7.93. The number of nitrogens with zero attached hydrogens (tertiary/aromatic N) is 2. The molecule has 0 fully saturated rings. The number of para-hydroxylation sites is 4. The summed E-state index contributed by atoms with van der Waals surface area (Å²) in [4.78, 5) is 4.71. The van der Waals surface area contributed by atoms with Crippen LogP contribution in [0.5, 0.6) is 11.5 Å². The first kappa shape index (κ1) is 16.5. The number of aromatic nitrogens is 2. The van der Waals surface area contributed by atoms with Crippen LogP contribution in [0.25, 0.3) is 11.0 Å². The van der Waals surface area contributed by atoms with Crippen molar-refractivity contribution in [2.45, 2.75) is 11.7 Å². The lowest BCUT2D eigenvalue weighted by molar-refractivity contribution is 0.313. The molecule has 0 aliphatic rings. The third kappa shape index (κ3) is 3.57. The van der Waals surface area contributed by atoms with Gasteiger partial charge in [0.1, 0.15) is 0 Å². The molecule has 0 aliphatic heterocycles. The zero-order chi connectivity index (χ0) is 16.8. The van der Waals surface area contributed by atoms with Crippen LogP contribution in [0.4, 0.5) is 0 Å². The van der Waals surface area contributed by atoms with Crippen LogP contribution < -0.4 is 9.47 Å². The van der Waals surface area contributed by atoms with Crippen LogP contribution in [0.15, 0.2) is 66.3 Å². The zero-order valence-electron chi connectivity index (χ0n) is 13.6. The molecule has 24 heavy (non-hydrogen) atoms. The number of rotatable bonds is 8. The summed E-state index contributed by atoms with van der Waals surface area (Å²) < 4.78 is 13.3. The van der Waals surface area contributed by atoms with E-state index in [0.717, 1.165) is 40.0 Å². The maximum atomic E-state index is 5.82. The number of imidazole rings is 1. The van der Waals surface area contributed by atoms with E-state index in [4.69, 9.17) is 14.5 Å². The Morgan fingerprint density at radius 3 is 2.67 bits per heavy atom. The van der Waals surface area contributed by atoms with E-state index in [-0.39, 0.29) is 0 Å². The van der Waals surface area contributed by atoms with Crippen molar-refractivity contribution < 1.29 is 9.47 Å². The molecule has 0 N–H and O–H groups in total. The van der Waals surface area contributed by atoms with Gasteiger partial charge in [-0.2, -0.15) is 0 Å². The molecule has 0 bridgehead atoms. The Hall–Kier alpha value is -2.40. The van der Waals surface area contributed by atoms with Crippen LogP contribution in [-0.4, -0.2) is 29.0 Å². The van der Waals surface area contributed by atoms with E-state index in [1.54, 1.807) is 18.9 Å². The standard InChI is InChI=1S/C19H20N2O2S/c1-3-12-21-16-9-5-4-8-15(16)20-19(21)24-14-13-23-18-11-7-6-10-17(18)22-2/h3-11H,1,12-14H2,2H3. The number of thioether (sulfide) groups is 1. The Labute approximate surface area is 146 Å². The van der Waals surface area contributed by atoms with Crippen molar-refractivity contribution in [3.63, 3.8) is 0 Å². The van der Waals surface area contributed by atoms with Crippen LogP contribution in [0.1, 0.15) is 0 Å². The average molecular weight is 340 g/mol. The Balaban J connectivity index is 1.65. The molecule has 3 rings (SSSR count). The van der Waals surface area contributed by atoms with E-state index in [0.29, 0.717) is 6.61 Å². The second-order valence-corrected chi connectivity index (χ2v) is 6.19. The van der Waals surface area contributed by atoms with Gasteiger partial charge in [0, 0.05) is 12.3 Å². The number of methoxy groups -OCH3 is 1. The van der Waals surface area contributed by atoms with Gasteiger partial charge in [-0.05, 0) is 24.3 Å². The molecular weight excluding hydrogens is 320 g/mol. The molecule has 0 aliphatic carbocycles. The highest BCUT2D eigenvalue weighted by molar-refractivity contribution is 7.99. The largest absolute Gasteiger partial charge is 0.493 e. The molecule has 0 atom stereocenters. The van der Waals surface area contributed by atoms with E-state index in [2.05, 4.69) is 17.2 Å². The minimum absolute atomic E-state index is 0.586. The van der Waals surface area contributed by atoms with Crippen molar-refractivity contribution >= 4 is 22.8 Å². The smallest absolute Gasteiger partial charge is 0.169 e. The molecule has 124 valence electrons. The van der Waals surface area contributed by atoms with Crippen molar-refractivity contribution in [2.75, 3.05) is 19.5 Å². The Kier molecular flexibility index (Phi) is 5.43. The molecule has 1 aromatic heterocycles. The maximum absolute atomic E-state index is 5.82. The number of benzene rings is 2. The molecule has 4 nitrogen and oxygen atoms in total. The SMILES string of the molecule is C=CCn1c(SCCOc2ccccc2OC)nc2ccccc21. The Morgan fingerprint density at radius 1 is 1.12 bits per heavy atom. The number of fused-ring (bicyclic) bond motifs is 1. The normalized spacial score (nSPS) is 10.7. The van der Waals surface area contributed by atoms with Crippen LogP contribution in [0.2, 0.25) is 0 Å². The van der Waals surface area contributed by atoms with Crippen molar-refractivity contribution in [3.05, 3.63) is 61.2 Å². The van der Waals surface area contributed by atoms with Gasteiger partial charge < -0.3 is 14.0 Å². The minimum atomic E-state index is 0.586. The Bertz CT molecular complexity index is 829. The van der Waals surface area contributed by atoms with E-state index in [1.807, 2.05) is 48.5 Å². The average Bonchev–Trinajstić information content (AvgIpc) is 2.97. The number of hydrogen-bond donors (Lipinski definition) is 0. The first-order valence-electron chi connectivity index (χ1n) is 7.78. The van der Waals surface area contributed by atoms with Crippen LogP contribution in [0, 0.1) is 0 Å². The number of ether oxygens (including phenoxy) is 2. The predicted molar refractivity (Wildman–Crippen MR) is 99.1 cm³/mol. The highest BCUT2D eigenvalue weighted by Gasteiger charge is 2.10. The minimum Gasteiger partial charge on any atom is -0.493 e. The molecular formula is C19H20N2O2S. The molecule has 0 saturated carbocycles. The van der Waals surface area contributed by atoms with Crippen molar-refractivity contribution in [1.29, 1.82) is 0 Å². The fourth-order valence-electron chi connectivity index (χ4n) is 2.49. The highest BCUT2D eigenvalue weighted by Crippen LogP contribution is 2.27. The van der Waals surface area contributed by atoms with E-state index in [1.165, 1.54) is 0 Å². The summed E-state index contributed by atoms with van der Waals surface area (Å²) in [6.07, 6.45) is 1.89. The van der Waals surface area contributed by atoms with E-state index >= 15 is 0 Å². The summed E-state index contributed by atoms with van der Waals surface area (Å²) >= 11 is 1.68. The van der Waals surface area contributed by atoms with Gasteiger partial charge in [0.2, 0.25) is 0 Å². The molecule has 5 heteroatoms.